The SMILES string of the molecule is C[C@H](CCCC(=O)O)[C@H]1CC[C@H]2/C(=C/C=C3C[C@@H](O)C[C@H](O)C3)CCC[C@]12C. The second-order valence-electron chi connectivity index (χ2n) is 9.88. The highest BCUT2D eigenvalue weighted by atomic mass is 16.4. The van der Waals surface area contributed by atoms with Crippen molar-refractivity contribution in [3.8, 4) is 0 Å². The van der Waals surface area contributed by atoms with E-state index in [2.05, 4.69) is 26.0 Å². The van der Waals surface area contributed by atoms with Gasteiger partial charge in [0.25, 0.3) is 0 Å². The normalized spacial score (nSPS) is 38.3. The second kappa shape index (κ2) is 9.13. The zero-order chi connectivity index (χ0) is 20.3. The first-order valence-electron chi connectivity index (χ1n) is 11.3. The van der Waals surface area contributed by atoms with E-state index >= 15 is 0 Å². The number of carbonyl (C=O) groups is 1. The number of aliphatic hydroxyl groups excluding tert-OH is 2. The summed E-state index contributed by atoms with van der Waals surface area (Å²) in [5.41, 5.74) is 3.05. The molecular formula is C24H38O4. The molecule has 3 fully saturated rings. The van der Waals surface area contributed by atoms with Crippen LogP contribution in [0.15, 0.2) is 23.3 Å². The van der Waals surface area contributed by atoms with Crippen LogP contribution in [0.1, 0.15) is 84.5 Å². The van der Waals surface area contributed by atoms with Gasteiger partial charge in [-0.2, -0.15) is 0 Å². The molecule has 0 saturated heterocycles. The van der Waals surface area contributed by atoms with E-state index in [1.54, 1.807) is 5.57 Å². The van der Waals surface area contributed by atoms with Crippen molar-refractivity contribution >= 4 is 5.97 Å². The van der Waals surface area contributed by atoms with Crippen LogP contribution in [0.2, 0.25) is 0 Å². The van der Waals surface area contributed by atoms with Crippen molar-refractivity contribution in [1.29, 1.82) is 0 Å². The van der Waals surface area contributed by atoms with Crippen LogP contribution in [0, 0.1) is 23.2 Å². The molecule has 0 aromatic rings. The van der Waals surface area contributed by atoms with Gasteiger partial charge in [0.15, 0.2) is 0 Å². The zero-order valence-electron chi connectivity index (χ0n) is 17.6. The molecule has 6 atom stereocenters. The Morgan fingerprint density at radius 1 is 1.21 bits per heavy atom. The van der Waals surface area contributed by atoms with E-state index < -0.39 is 18.2 Å². The number of rotatable bonds is 6. The van der Waals surface area contributed by atoms with E-state index in [1.165, 1.54) is 31.3 Å². The molecule has 0 unspecified atom stereocenters. The summed E-state index contributed by atoms with van der Waals surface area (Å²) in [5, 5.41) is 28.8. The van der Waals surface area contributed by atoms with Crippen LogP contribution in [0.5, 0.6) is 0 Å². The number of allylic oxidation sites excluding steroid dienone is 3. The topological polar surface area (TPSA) is 77.8 Å². The number of carboxylic acid groups (broad SMARTS) is 1. The van der Waals surface area contributed by atoms with Gasteiger partial charge in [0, 0.05) is 6.42 Å². The number of hydrogen-bond acceptors (Lipinski definition) is 3. The molecule has 0 aliphatic heterocycles. The first-order valence-corrected chi connectivity index (χ1v) is 11.3. The van der Waals surface area contributed by atoms with E-state index in [0.29, 0.717) is 42.4 Å². The number of aliphatic carboxylic acids is 1. The van der Waals surface area contributed by atoms with Crippen LogP contribution in [0.4, 0.5) is 0 Å². The minimum atomic E-state index is -0.684. The molecule has 0 spiro atoms. The summed E-state index contributed by atoms with van der Waals surface area (Å²) in [6, 6.07) is 0. The molecule has 0 bridgehead atoms. The molecule has 3 aliphatic carbocycles. The van der Waals surface area contributed by atoms with Crippen LogP contribution < -0.4 is 0 Å². The number of aliphatic hydroxyl groups is 2. The lowest BCUT2D eigenvalue weighted by molar-refractivity contribution is -0.137. The number of carboxylic acids is 1. The highest BCUT2D eigenvalue weighted by molar-refractivity contribution is 5.66. The Morgan fingerprint density at radius 2 is 1.93 bits per heavy atom. The first kappa shape index (κ1) is 21.6. The molecule has 3 rings (SSSR count). The Bertz CT molecular complexity index is 610. The predicted octanol–water partition coefficient (Wildman–Crippen LogP) is 4.85. The average molecular weight is 391 g/mol. The molecule has 4 nitrogen and oxygen atoms in total. The Morgan fingerprint density at radius 3 is 2.61 bits per heavy atom. The molecule has 4 heteroatoms. The van der Waals surface area contributed by atoms with Crippen molar-refractivity contribution in [2.45, 2.75) is 96.7 Å². The van der Waals surface area contributed by atoms with Crippen LogP contribution in [0.25, 0.3) is 0 Å². The van der Waals surface area contributed by atoms with E-state index in [0.717, 1.165) is 19.3 Å². The molecule has 0 heterocycles. The van der Waals surface area contributed by atoms with Crippen LogP contribution in [-0.4, -0.2) is 33.5 Å². The molecule has 3 N–H and O–H groups in total. The van der Waals surface area contributed by atoms with Gasteiger partial charge in [-0.1, -0.05) is 37.1 Å². The second-order valence-corrected chi connectivity index (χ2v) is 9.88. The Balaban J connectivity index is 1.68. The molecule has 3 saturated carbocycles. The lowest BCUT2D eigenvalue weighted by Crippen LogP contribution is -2.36. The van der Waals surface area contributed by atoms with E-state index in [4.69, 9.17) is 5.11 Å². The lowest BCUT2D eigenvalue weighted by Gasteiger charge is -2.44. The van der Waals surface area contributed by atoms with Gasteiger partial charge >= 0.3 is 5.97 Å². The van der Waals surface area contributed by atoms with Gasteiger partial charge in [-0.15, -0.1) is 0 Å². The van der Waals surface area contributed by atoms with Gasteiger partial charge in [0.2, 0.25) is 0 Å². The fourth-order valence-electron chi connectivity index (χ4n) is 6.52. The number of hydrogen-bond donors (Lipinski definition) is 3. The van der Waals surface area contributed by atoms with Gasteiger partial charge in [-0.3, -0.25) is 4.79 Å². The standard InChI is InChI=1S/C24H38O4/c1-16(5-3-7-23(27)28)21-10-11-22-18(6-4-12-24(21,22)2)9-8-17-13-19(25)15-20(26)14-17/h8-9,16,19-22,25-26H,3-7,10-15H2,1-2H3,(H,27,28)/b18-9+/t16-,19-,20-,21-,22+,24-/m1/s1. The van der Waals surface area contributed by atoms with Gasteiger partial charge in [-0.25, -0.2) is 0 Å². The molecule has 0 aromatic heterocycles. The largest absolute Gasteiger partial charge is 0.481 e. The fraction of sp³-hybridized carbons (Fsp3) is 0.792. The third-order valence-electron chi connectivity index (χ3n) is 7.85. The summed E-state index contributed by atoms with van der Waals surface area (Å²) in [6.07, 6.45) is 13.8. The molecule has 0 amide bonds. The van der Waals surface area contributed by atoms with Crippen molar-refractivity contribution in [3.63, 3.8) is 0 Å². The van der Waals surface area contributed by atoms with E-state index in [9.17, 15) is 15.0 Å². The summed E-state index contributed by atoms with van der Waals surface area (Å²) in [4.78, 5) is 10.8. The molecule has 28 heavy (non-hydrogen) atoms. The monoisotopic (exact) mass is 390 g/mol. The third-order valence-corrected chi connectivity index (χ3v) is 7.85. The summed E-state index contributed by atoms with van der Waals surface area (Å²) < 4.78 is 0. The Hall–Kier alpha value is -1.13. The van der Waals surface area contributed by atoms with Gasteiger partial charge in [-0.05, 0) is 87.4 Å². The Kier molecular flexibility index (Phi) is 7.03. The van der Waals surface area contributed by atoms with E-state index in [1.807, 2.05) is 0 Å². The summed E-state index contributed by atoms with van der Waals surface area (Å²) in [6.45, 7) is 4.79. The van der Waals surface area contributed by atoms with Crippen molar-refractivity contribution in [2.24, 2.45) is 23.2 Å². The summed E-state index contributed by atoms with van der Waals surface area (Å²) >= 11 is 0. The zero-order valence-corrected chi connectivity index (χ0v) is 17.6. The fourth-order valence-corrected chi connectivity index (χ4v) is 6.52. The van der Waals surface area contributed by atoms with Crippen molar-refractivity contribution in [3.05, 3.63) is 23.3 Å². The summed E-state index contributed by atoms with van der Waals surface area (Å²) in [5.74, 6) is 1.21. The molecule has 158 valence electrons. The quantitative estimate of drug-likeness (QED) is 0.606. The van der Waals surface area contributed by atoms with Gasteiger partial charge < -0.3 is 15.3 Å². The highest BCUT2D eigenvalue weighted by Crippen LogP contribution is 2.59. The maximum atomic E-state index is 10.8. The van der Waals surface area contributed by atoms with Crippen LogP contribution in [-0.2, 0) is 4.79 Å². The first-order chi connectivity index (χ1) is 13.3. The number of fused-ring (bicyclic) bond motifs is 1. The minimum Gasteiger partial charge on any atom is -0.481 e. The van der Waals surface area contributed by atoms with Gasteiger partial charge in [0.05, 0.1) is 12.2 Å². The van der Waals surface area contributed by atoms with Crippen LogP contribution in [0.3, 0.4) is 0 Å². The van der Waals surface area contributed by atoms with Crippen molar-refractivity contribution < 1.29 is 20.1 Å². The minimum absolute atomic E-state index is 0.285. The maximum absolute atomic E-state index is 10.8. The van der Waals surface area contributed by atoms with E-state index in [-0.39, 0.29) is 6.42 Å². The van der Waals surface area contributed by atoms with Crippen molar-refractivity contribution in [1.82, 2.24) is 0 Å². The summed E-state index contributed by atoms with van der Waals surface area (Å²) in [7, 11) is 0. The maximum Gasteiger partial charge on any atom is 0.303 e. The molecule has 0 aromatic carbocycles. The molecule has 3 aliphatic rings. The lowest BCUT2D eigenvalue weighted by atomic mass is 9.60. The average Bonchev–Trinajstić information content (AvgIpc) is 2.96. The molecular weight excluding hydrogens is 352 g/mol. The smallest absolute Gasteiger partial charge is 0.303 e. The van der Waals surface area contributed by atoms with Crippen molar-refractivity contribution in [2.75, 3.05) is 0 Å². The molecule has 0 radical (unpaired) electrons. The highest BCUT2D eigenvalue weighted by Gasteiger charge is 2.50. The predicted molar refractivity (Wildman–Crippen MR) is 111 cm³/mol. The van der Waals surface area contributed by atoms with Crippen LogP contribution >= 0.6 is 0 Å². The Labute approximate surface area is 169 Å². The van der Waals surface area contributed by atoms with Gasteiger partial charge in [0.1, 0.15) is 0 Å². The third kappa shape index (κ3) is 4.88.